The van der Waals surface area contributed by atoms with Crippen LogP contribution in [0.25, 0.3) is 11.1 Å². The molecule has 1 aliphatic heterocycles. The standard InChI is InChI=1S/C21H18ClN3O2/c1-25-19-7-6-16(22)11-17(19)20(26)24-18(21(25)27)10-13-2-4-14(5-3-13)15-8-9-23-12-15/h2-9,11-12,18,23H,10H2,1H3,(H,24,26)/t18-/m1/s1. The molecule has 0 spiro atoms. The lowest BCUT2D eigenvalue weighted by Gasteiger charge is -2.21. The van der Waals surface area contributed by atoms with Crippen molar-refractivity contribution < 1.29 is 9.59 Å². The van der Waals surface area contributed by atoms with Gasteiger partial charge in [0.15, 0.2) is 0 Å². The SMILES string of the molecule is CN1C(=O)[C@@H](Cc2ccc(-c3cc[nH]c3)cc2)NC(=O)c2cc(Cl)ccc21. The van der Waals surface area contributed by atoms with Crippen molar-refractivity contribution in [3.63, 3.8) is 0 Å². The van der Waals surface area contributed by atoms with E-state index in [2.05, 4.69) is 10.3 Å². The van der Waals surface area contributed by atoms with Crippen LogP contribution in [-0.4, -0.2) is 29.9 Å². The van der Waals surface area contributed by atoms with Gasteiger partial charge in [0.1, 0.15) is 6.04 Å². The molecule has 1 aliphatic rings. The van der Waals surface area contributed by atoms with Crippen molar-refractivity contribution in [2.45, 2.75) is 12.5 Å². The van der Waals surface area contributed by atoms with Gasteiger partial charge < -0.3 is 15.2 Å². The number of fused-ring (bicyclic) bond motifs is 1. The Kier molecular flexibility index (Phi) is 4.46. The number of amides is 2. The van der Waals surface area contributed by atoms with Crippen molar-refractivity contribution >= 4 is 29.1 Å². The summed E-state index contributed by atoms with van der Waals surface area (Å²) >= 11 is 6.02. The van der Waals surface area contributed by atoms with Gasteiger partial charge in [-0.25, -0.2) is 0 Å². The van der Waals surface area contributed by atoms with Crippen LogP contribution in [0.4, 0.5) is 5.69 Å². The summed E-state index contributed by atoms with van der Waals surface area (Å²) in [6, 6.07) is 14.3. The van der Waals surface area contributed by atoms with E-state index in [1.165, 1.54) is 4.90 Å². The minimum atomic E-state index is -0.633. The molecule has 2 aromatic carbocycles. The number of benzene rings is 2. The van der Waals surface area contributed by atoms with Gasteiger partial charge in [-0.3, -0.25) is 9.59 Å². The number of H-pyrrole nitrogens is 1. The maximum atomic E-state index is 12.9. The van der Waals surface area contributed by atoms with Gasteiger partial charge in [-0.15, -0.1) is 0 Å². The second-order valence-electron chi connectivity index (χ2n) is 6.59. The summed E-state index contributed by atoms with van der Waals surface area (Å²) < 4.78 is 0. The van der Waals surface area contributed by atoms with Gasteiger partial charge in [-0.05, 0) is 41.0 Å². The molecule has 4 rings (SSSR count). The summed E-state index contributed by atoms with van der Waals surface area (Å²) in [5.74, 6) is -0.446. The lowest BCUT2D eigenvalue weighted by molar-refractivity contribution is -0.120. The van der Waals surface area contributed by atoms with Gasteiger partial charge >= 0.3 is 0 Å². The zero-order valence-corrected chi connectivity index (χ0v) is 15.5. The fourth-order valence-electron chi connectivity index (χ4n) is 3.34. The molecule has 6 heteroatoms. The predicted octanol–water partition coefficient (Wildman–Crippen LogP) is 3.65. The summed E-state index contributed by atoms with van der Waals surface area (Å²) in [7, 11) is 1.68. The minimum absolute atomic E-state index is 0.154. The molecule has 0 fully saturated rings. The van der Waals surface area contributed by atoms with Crippen molar-refractivity contribution in [1.29, 1.82) is 0 Å². The number of anilines is 1. The van der Waals surface area contributed by atoms with E-state index in [0.29, 0.717) is 22.7 Å². The van der Waals surface area contributed by atoms with Crippen LogP contribution in [0.1, 0.15) is 15.9 Å². The topological polar surface area (TPSA) is 65.2 Å². The van der Waals surface area contributed by atoms with E-state index in [0.717, 1.165) is 16.7 Å². The highest BCUT2D eigenvalue weighted by Gasteiger charge is 2.31. The maximum absolute atomic E-state index is 12.9. The smallest absolute Gasteiger partial charge is 0.254 e. The Hall–Kier alpha value is -3.05. The summed E-state index contributed by atoms with van der Waals surface area (Å²) in [6.45, 7) is 0. The van der Waals surface area contributed by atoms with Crippen molar-refractivity contribution in [1.82, 2.24) is 10.3 Å². The van der Waals surface area contributed by atoms with Gasteiger partial charge in [0.25, 0.3) is 5.91 Å². The minimum Gasteiger partial charge on any atom is -0.367 e. The summed E-state index contributed by atoms with van der Waals surface area (Å²) in [5, 5.41) is 3.30. The van der Waals surface area contributed by atoms with Crippen LogP contribution in [0, 0.1) is 0 Å². The molecule has 0 saturated carbocycles. The van der Waals surface area contributed by atoms with E-state index in [1.54, 1.807) is 25.2 Å². The Bertz CT molecular complexity index is 997. The lowest BCUT2D eigenvalue weighted by Crippen LogP contribution is -2.45. The molecule has 3 aromatic rings. The molecule has 27 heavy (non-hydrogen) atoms. The number of carbonyl (C=O) groups is 2. The molecule has 136 valence electrons. The van der Waals surface area contributed by atoms with E-state index in [-0.39, 0.29) is 11.8 Å². The van der Waals surface area contributed by atoms with Gasteiger partial charge in [0.05, 0.1) is 11.3 Å². The third-order valence-corrected chi connectivity index (χ3v) is 5.06. The number of likely N-dealkylation sites (N-methyl/N-ethyl adjacent to an activating group) is 1. The Morgan fingerprint density at radius 1 is 1.04 bits per heavy atom. The number of nitrogens with zero attached hydrogens (tertiary/aromatic N) is 1. The monoisotopic (exact) mass is 379 g/mol. The van der Waals surface area contributed by atoms with Crippen molar-refractivity contribution in [3.05, 3.63) is 77.1 Å². The molecule has 0 saturated heterocycles. The average Bonchev–Trinajstić information content (AvgIpc) is 3.19. The molecule has 0 unspecified atom stereocenters. The number of hydrogen-bond acceptors (Lipinski definition) is 2. The summed E-state index contributed by atoms with van der Waals surface area (Å²) in [4.78, 5) is 30.0. The average molecular weight is 380 g/mol. The molecular formula is C21H18ClN3O2. The largest absolute Gasteiger partial charge is 0.367 e. The summed E-state index contributed by atoms with van der Waals surface area (Å²) in [6.07, 6.45) is 4.23. The number of rotatable bonds is 3. The van der Waals surface area contributed by atoms with Crippen LogP contribution >= 0.6 is 11.6 Å². The van der Waals surface area contributed by atoms with Crippen LogP contribution in [-0.2, 0) is 11.2 Å². The Morgan fingerprint density at radius 2 is 1.81 bits per heavy atom. The first kappa shape index (κ1) is 17.4. The van der Waals surface area contributed by atoms with Gasteiger partial charge in [0.2, 0.25) is 5.91 Å². The zero-order valence-electron chi connectivity index (χ0n) is 14.7. The van der Waals surface area contributed by atoms with Crippen molar-refractivity contribution in [2.75, 3.05) is 11.9 Å². The second-order valence-corrected chi connectivity index (χ2v) is 7.02. The Morgan fingerprint density at radius 3 is 2.52 bits per heavy atom. The lowest BCUT2D eigenvalue weighted by atomic mass is 10.0. The molecule has 5 nitrogen and oxygen atoms in total. The number of carbonyl (C=O) groups excluding carboxylic acids is 2. The molecular weight excluding hydrogens is 362 g/mol. The number of hydrogen-bond donors (Lipinski definition) is 2. The second kappa shape index (κ2) is 6.93. The number of aromatic amines is 1. The van der Waals surface area contributed by atoms with Gasteiger partial charge in [-0.2, -0.15) is 0 Å². The molecule has 0 bridgehead atoms. The highest BCUT2D eigenvalue weighted by atomic mass is 35.5. The normalized spacial score (nSPS) is 16.7. The van der Waals surface area contributed by atoms with Crippen LogP contribution < -0.4 is 10.2 Å². The third-order valence-electron chi connectivity index (χ3n) is 4.82. The fraction of sp³-hybridized carbons (Fsp3) is 0.143. The van der Waals surface area contributed by atoms with Gasteiger partial charge in [0, 0.05) is 30.9 Å². The van der Waals surface area contributed by atoms with Crippen LogP contribution in [0.5, 0.6) is 0 Å². The zero-order chi connectivity index (χ0) is 19.0. The Labute approximate surface area is 162 Å². The maximum Gasteiger partial charge on any atom is 0.254 e. The van der Waals surface area contributed by atoms with E-state index in [9.17, 15) is 9.59 Å². The number of aromatic nitrogens is 1. The van der Waals surface area contributed by atoms with Crippen LogP contribution in [0.3, 0.4) is 0 Å². The highest BCUT2D eigenvalue weighted by molar-refractivity contribution is 6.31. The molecule has 1 aromatic heterocycles. The van der Waals surface area contributed by atoms with E-state index in [4.69, 9.17) is 11.6 Å². The molecule has 0 aliphatic carbocycles. The molecule has 0 radical (unpaired) electrons. The van der Waals surface area contributed by atoms with E-state index >= 15 is 0 Å². The quantitative estimate of drug-likeness (QED) is 0.729. The van der Waals surface area contributed by atoms with Crippen LogP contribution in [0.15, 0.2) is 60.9 Å². The molecule has 1 atom stereocenters. The molecule has 2 heterocycles. The number of nitrogens with one attached hydrogen (secondary N) is 2. The highest BCUT2D eigenvalue weighted by Crippen LogP contribution is 2.27. The first-order chi connectivity index (χ1) is 13.0. The summed E-state index contributed by atoms with van der Waals surface area (Å²) in [5.41, 5.74) is 4.14. The molecule has 2 N–H and O–H groups in total. The van der Waals surface area contributed by atoms with E-state index < -0.39 is 6.04 Å². The Balaban J connectivity index is 1.58. The third kappa shape index (κ3) is 3.34. The van der Waals surface area contributed by atoms with Crippen molar-refractivity contribution in [2.24, 2.45) is 0 Å². The fourth-order valence-corrected chi connectivity index (χ4v) is 3.52. The van der Waals surface area contributed by atoms with E-state index in [1.807, 2.05) is 42.7 Å². The van der Waals surface area contributed by atoms with Crippen molar-refractivity contribution in [3.8, 4) is 11.1 Å². The molecule has 2 amide bonds. The van der Waals surface area contributed by atoms with Crippen LogP contribution in [0.2, 0.25) is 5.02 Å². The van der Waals surface area contributed by atoms with Gasteiger partial charge in [-0.1, -0.05) is 35.9 Å². The predicted molar refractivity (Wildman–Crippen MR) is 106 cm³/mol. The number of halogens is 1. The first-order valence-electron chi connectivity index (χ1n) is 8.63. The first-order valence-corrected chi connectivity index (χ1v) is 9.01.